The molecule has 4 rings (SSSR count). The lowest BCUT2D eigenvalue weighted by molar-refractivity contribution is -0.119. The number of hydrogen-bond acceptors (Lipinski definition) is 4. The number of dihydropyridines is 1. The van der Waals surface area contributed by atoms with Crippen LogP contribution in [0.4, 0.5) is 14.6 Å². The van der Waals surface area contributed by atoms with Crippen molar-refractivity contribution in [1.29, 1.82) is 0 Å². The van der Waals surface area contributed by atoms with Crippen LogP contribution in [0.3, 0.4) is 0 Å². The molecule has 2 aromatic rings. The summed E-state index contributed by atoms with van der Waals surface area (Å²) >= 11 is 0. The summed E-state index contributed by atoms with van der Waals surface area (Å²) in [5, 5.41) is 17.5. The molecule has 3 N–H and O–H groups in total. The number of aromatic nitrogens is 1. The van der Waals surface area contributed by atoms with E-state index in [9.17, 15) is 18.7 Å². The normalized spacial score (nSPS) is 23.6. The number of hydrogen-bond donors (Lipinski definition) is 3. The lowest BCUT2D eigenvalue weighted by Crippen LogP contribution is -2.37. The second-order valence-electron chi connectivity index (χ2n) is 7.71. The Labute approximate surface area is 167 Å². The number of benzene rings is 1. The van der Waals surface area contributed by atoms with Crippen LogP contribution in [0, 0.1) is 5.92 Å². The standard InChI is InChI=1S/C22H23F2N3O2/c1-3-19(28)18-6-12(2)16(11-25-18)14-5-4-13-8-20(26-10-15(13)7-14)27-21(29)17-9-22(17,23)24/h4-8,10-11,17-19,25,28H,3,9H2,1-2H3,(H,26,27,29). The molecule has 2 heterocycles. The molecular weight excluding hydrogens is 376 g/mol. The fourth-order valence-electron chi connectivity index (χ4n) is 3.58. The summed E-state index contributed by atoms with van der Waals surface area (Å²) in [7, 11) is 0. The topological polar surface area (TPSA) is 74.2 Å². The van der Waals surface area contributed by atoms with E-state index in [4.69, 9.17) is 0 Å². The fraction of sp³-hybridized carbons (Fsp3) is 0.364. The molecule has 3 unspecified atom stereocenters. The third kappa shape index (κ3) is 3.87. The van der Waals surface area contributed by atoms with Gasteiger partial charge in [-0.3, -0.25) is 4.79 Å². The summed E-state index contributed by atoms with van der Waals surface area (Å²) in [6.07, 6.45) is 5.40. The molecule has 1 aromatic carbocycles. The first-order valence-electron chi connectivity index (χ1n) is 9.70. The van der Waals surface area contributed by atoms with Gasteiger partial charge in [0, 0.05) is 29.8 Å². The lowest BCUT2D eigenvalue weighted by Gasteiger charge is -2.25. The summed E-state index contributed by atoms with van der Waals surface area (Å²) < 4.78 is 26.1. The van der Waals surface area contributed by atoms with Gasteiger partial charge in [-0.15, -0.1) is 0 Å². The number of aliphatic hydroxyl groups excluding tert-OH is 1. The van der Waals surface area contributed by atoms with E-state index in [0.717, 1.165) is 27.5 Å². The van der Waals surface area contributed by atoms with Crippen LogP contribution in [0.1, 0.15) is 32.3 Å². The van der Waals surface area contributed by atoms with Crippen molar-refractivity contribution in [3.63, 3.8) is 0 Å². The Kier molecular flexibility index (Phi) is 4.86. The van der Waals surface area contributed by atoms with E-state index < -0.39 is 30.3 Å². The Balaban J connectivity index is 1.53. The molecule has 0 bridgehead atoms. The smallest absolute Gasteiger partial charge is 0.260 e. The van der Waals surface area contributed by atoms with Gasteiger partial charge in [-0.2, -0.15) is 0 Å². The van der Waals surface area contributed by atoms with Gasteiger partial charge in [-0.05, 0) is 42.0 Å². The second kappa shape index (κ2) is 7.22. The molecule has 3 atom stereocenters. The van der Waals surface area contributed by atoms with Gasteiger partial charge in [0.1, 0.15) is 11.7 Å². The van der Waals surface area contributed by atoms with E-state index in [1.54, 1.807) is 12.3 Å². The number of carbonyl (C=O) groups excluding carboxylic acids is 1. The predicted molar refractivity (Wildman–Crippen MR) is 108 cm³/mol. The number of aliphatic hydroxyl groups is 1. The molecule has 1 aliphatic heterocycles. The maximum absolute atomic E-state index is 13.0. The Morgan fingerprint density at radius 1 is 1.38 bits per heavy atom. The number of anilines is 1. The third-order valence-corrected chi connectivity index (χ3v) is 5.53. The summed E-state index contributed by atoms with van der Waals surface area (Å²) in [6, 6.07) is 7.45. The van der Waals surface area contributed by atoms with Crippen LogP contribution in [-0.2, 0) is 4.79 Å². The van der Waals surface area contributed by atoms with Gasteiger partial charge in [-0.25, -0.2) is 13.8 Å². The van der Waals surface area contributed by atoms with Gasteiger partial charge >= 0.3 is 0 Å². The molecule has 1 amide bonds. The Bertz CT molecular complexity index is 1030. The van der Waals surface area contributed by atoms with Gasteiger partial charge in [0.15, 0.2) is 0 Å². The van der Waals surface area contributed by atoms with Crippen molar-refractivity contribution in [2.45, 2.75) is 44.8 Å². The van der Waals surface area contributed by atoms with Crippen molar-refractivity contribution in [2.75, 3.05) is 5.32 Å². The van der Waals surface area contributed by atoms with Gasteiger partial charge in [-0.1, -0.05) is 25.1 Å². The minimum absolute atomic E-state index is 0.101. The van der Waals surface area contributed by atoms with Gasteiger partial charge in [0.25, 0.3) is 5.92 Å². The highest BCUT2D eigenvalue weighted by Gasteiger charge is 2.61. The minimum Gasteiger partial charge on any atom is -0.391 e. The molecule has 0 saturated heterocycles. The van der Waals surface area contributed by atoms with E-state index in [1.807, 2.05) is 44.3 Å². The average Bonchev–Trinajstić information content (AvgIpc) is 3.35. The number of rotatable bonds is 5. The zero-order chi connectivity index (χ0) is 20.8. The molecule has 1 saturated carbocycles. The van der Waals surface area contributed by atoms with E-state index in [0.29, 0.717) is 6.42 Å². The van der Waals surface area contributed by atoms with Crippen molar-refractivity contribution in [3.05, 3.63) is 53.9 Å². The number of halogens is 2. The van der Waals surface area contributed by atoms with Gasteiger partial charge in [0.05, 0.1) is 12.1 Å². The van der Waals surface area contributed by atoms with Crippen LogP contribution in [-0.4, -0.2) is 34.1 Å². The van der Waals surface area contributed by atoms with Crippen LogP contribution in [0.25, 0.3) is 16.3 Å². The molecule has 0 spiro atoms. The van der Waals surface area contributed by atoms with E-state index in [1.165, 1.54) is 0 Å². The van der Waals surface area contributed by atoms with E-state index in [-0.39, 0.29) is 11.9 Å². The van der Waals surface area contributed by atoms with Crippen molar-refractivity contribution < 1.29 is 18.7 Å². The summed E-state index contributed by atoms with van der Waals surface area (Å²) in [5.41, 5.74) is 3.10. The second-order valence-corrected chi connectivity index (χ2v) is 7.71. The van der Waals surface area contributed by atoms with Crippen LogP contribution < -0.4 is 10.6 Å². The average molecular weight is 399 g/mol. The van der Waals surface area contributed by atoms with Gasteiger partial charge < -0.3 is 15.7 Å². The summed E-state index contributed by atoms with van der Waals surface area (Å²) in [4.78, 5) is 16.0. The number of amides is 1. The zero-order valence-corrected chi connectivity index (χ0v) is 16.2. The third-order valence-electron chi connectivity index (χ3n) is 5.53. The molecule has 1 aromatic heterocycles. The summed E-state index contributed by atoms with van der Waals surface area (Å²) in [6.45, 7) is 3.95. The largest absolute Gasteiger partial charge is 0.391 e. The monoisotopic (exact) mass is 399 g/mol. The molecule has 1 aliphatic carbocycles. The maximum Gasteiger partial charge on any atom is 0.260 e. The zero-order valence-electron chi connectivity index (χ0n) is 16.2. The highest BCUT2D eigenvalue weighted by molar-refractivity contribution is 5.97. The first kappa shape index (κ1) is 19.5. The highest BCUT2D eigenvalue weighted by atomic mass is 19.3. The van der Waals surface area contributed by atoms with Crippen molar-refractivity contribution in [3.8, 4) is 0 Å². The fourth-order valence-corrected chi connectivity index (χ4v) is 3.58. The number of pyridine rings is 1. The molecule has 0 radical (unpaired) electrons. The molecule has 152 valence electrons. The van der Waals surface area contributed by atoms with Crippen LogP contribution in [0.15, 0.2) is 48.3 Å². The predicted octanol–water partition coefficient (Wildman–Crippen LogP) is 3.86. The van der Waals surface area contributed by atoms with Crippen molar-refractivity contribution in [1.82, 2.24) is 10.3 Å². The lowest BCUT2D eigenvalue weighted by atomic mass is 9.92. The SMILES string of the molecule is CCC(O)C1C=C(C)C(c2ccc3cc(NC(=O)C4CC4(F)F)ncc3c2)=CN1. The molecule has 2 aliphatic rings. The van der Waals surface area contributed by atoms with E-state index in [2.05, 4.69) is 15.6 Å². The molecule has 29 heavy (non-hydrogen) atoms. The Hall–Kier alpha value is -2.80. The van der Waals surface area contributed by atoms with Crippen LogP contribution in [0.2, 0.25) is 0 Å². The number of nitrogens with one attached hydrogen (secondary N) is 2. The first-order valence-corrected chi connectivity index (χ1v) is 9.70. The Morgan fingerprint density at radius 3 is 2.79 bits per heavy atom. The minimum atomic E-state index is -2.89. The molecular formula is C22H23F2N3O2. The number of fused-ring (bicyclic) bond motifs is 1. The maximum atomic E-state index is 13.0. The van der Waals surface area contributed by atoms with Gasteiger partial charge in [0.2, 0.25) is 5.91 Å². The van der Waals surface area contributed by atoms with Crippen molar-refractivity contribution in [2.24, 2.45) is 5.92 Å². The van der Waals surface area contributed by atoms with E-state index >= 15 is 0 Å². The quantitative estimate of drug-likeness (QED) is 0.714. The molecule has 5 nitrogen and oxygen atoms in total. The van der Waals surface area contributed by atoms with Crippen LogP contribution in [0.5, 0.6) is 0 Å². The Morgan fingerprint density at radius 2 is 2.14 bits per heavy atom. The number of nitrogens with zero attached hydrogens (tertiary/aromatic N) is 1. The number of alkyl halides is 2. The number of carbonyl (C=O) groups is 1. The molecule has 7 heteroatoms. The van der Waals surface area contributed by atoms with Crippen molar-refractivity contribution >= 4 is 28.1 Å². The number of allylic oxidation sites excluding steroid dienone is 2. The van der Waals surface area contributed by atoms with Crippen LogP contribution >= 0.6 is 0 Å². The first-order chi connectivity index (χ1) is 13.8. The summed E-state index contributed by atoms with van der Waals surface area (Å²) in [5.74, 6) is -4.57. The highest BCUT2D eigenvalue weighted by Crippen LogP contribution is 2.49. The molecule has 1 fully saturated rings.